The lowest BCUT2D eigenvalue weighted by atomic mass is 9.96. The van der Waals surface area contributed by atoms with E-state index in [1.807, 2.05) is 0 Å². The maximum atomic E-state index is 13.2. The van der Waals surface area contributed by atoms with Crippen molar-refractivity contribution in [2.24, 2.45) is 0 Å². The van der Waals surface area contributed by atoms with E-state index in [1.54, 1.807) is 19.9 Å². The summed E-state index contributed by atoms with van der Waals surface area (Å²) in [5.41, 5.74) is -1.30. The van der Waals surface area contributed by atoms with E-state index >= 15 is 0 Å². The minimum atomic E-state index is -3.93. The highest BCUT2D eigenvalue weighted by Crippen LogP contribution is 2.20. The van der Waals surface area contributed by atoms with Gasteiger partial charge in [0, 0.05) is 0 Å². The molecule has 7 heteroatoms. The van der Waals surface area contributed by atoms with Crippen LogP contribution in [0.3, 0.4) is 0 Å². The van der Waals surface area contributed by atoms with Crippen LogP contribution in [0.25, 0.3) is 0 Å². The summed E-state index contributed by atoms with van der Waals surface area (Å²) in [6.07, 6.45) is 0.817. The molecule has 0 aliphatic carbocycles. The summed E-state index contributed by atoms with van der Waals surface area (Å²) in [5.74, 6) is -0.772. The van der Waals surface area contributed by atoms with Crippen molar-refractivity contribution in [3.05, 3.63) is 29.6 Å². The van der Waals surface area contributed by atoms with Gasteiger partial charge in [-0.25, -0.2) is 17.5 Å². The van der Waals surface area contributed by atoms with E-state index in [9.17, 15) is 17.9 Å². The van der Waals surface area contributed by atoms with Crippen molar-refractivity contribution in [3.8, 4) is 6.07 Å². The zero-order valence-corrected chi connectivity index (χ0v) is 12.2. The molecule has 0 saturated heterocycles. The lowest BCUT2D eigenvalue weighted by Crippen LogP contribution is -2.50. The first kappa shape index (κ1) is 16.6. The molecular weight excluding hydrogens is 283 g/mol. The van der Waals surface area contributed by atoms with E-state index in [2.05, 4.69) is 4.72 Å². The predicted octanol–water partition coefficient (Wildman–Crippen LogP) is 1.53. The minimum absolute atomic E-state index is 0.199. The van der Waals surface area contributed by atoms with E-state index in [0.717, 1.165) is 18.2 Å². The third-order valence-corrected chi connectivity index (χ3v) is 4.95. The fourth-order valence-electron chi connectivity index (χ4n) is 1.75. The monoisotopic (exact) mass is 300 g/mol. The smallest absolute Gasteiger partial charge is 0.241 e. The molecule has 0 atom stereocenters. The second-order valence-corrected chi connectivity index (χ2v) is 6.19. The van der Waals surface area contributed by atoms with Gasteiger partial charge in [-0.3, -0.25) is 0 Å². The van der Waals surface area contributed by atoms with Gasteiger partial charge in [-0.15, -0.1) is 0 Å². The molecule has 1 rings (SSSR count). The molecule has 0 bridgehead atoms. The Balaban J connectivity index is 3.21. The van der Waals surface area contributed by atoms with Crippen molar-refractivity contribution in [1.29, 1.82) is 5.26 Å². The molecule has 5 nitrogen and oxygen atoms in total. The van der Waals surface area contributed by atoms with E-state index < -0.39 is 21.4 Å². The molecule has 0 radical (unpaired) electrons. The Morgan fingerprint density at radius 3 is 2.45 bits per heavy atom. The molecule has 110 valence electrons. The average Bonchev–Trinajstić information content (AvgIpc) is 2.45. The van der Waals surface area contributed by atoms with Crippen molar-refractivity contribution in [2.45, 2.75) is 37.1 Å². The number of nitrogens with one attached hydrogen (secondary N) is 1. The Labute approximate surface area is 118 Å². The molecule has 2 N–H and O–H groups in total. The van der Waals surface area contributed by atoms with Gasteiger partial charge in [0.1, 0.15) is 11.9 Å². The fraction of sp³-hybridized carbons (Fsp3) is 0.462. The molecule has 0 aliphatic rings. The van der Waals surface area contributed by atoms with E-state index in [4.69, 9.17) is 5.26 Å². The quantitative estimate of drug-likeness (QED) is 0.833. The number of rotatable bonds is 6. The normalized spacial score (nSPS) is 12.2. The van der Waals surface area contributed by atoms with Crippen LogP contribution in [0, 0.1) is 17.1 Å². The lowest BCUT2D eigenvalue weighted by Gasteiger charge is -2.30. The summed E-state index contributed by atoms with van der Waals surface area (Å²) in [7, 11) is -3.93. The Kier molecular flexibility index (Phi) is 5.22. The van der Waals surface area contributed by atoms with Crippen molar-refractivity contribution >= 4 is 10.0 Å². The number of hydrogen-bond acceptors (Lipinski definition) is 4. The number of sulfonamides is 1. The number of nitriles is 1. The Morgan fingerprint density at radius 2 is 2.00 bits per heavy atom. The standard InChI is InChI=1S/C13H17FN2O3S/c1-3-13(4-2,9-17)16-20(18,19)11-5-6-12(14)10(7-11)8-15/h5-7,16-17H,3-4,9H2,1-2H3. The topological polar surface area (TPSA) is 90.2 Å². The number of hydrogen-bond donors (Lipinski definition) is 2. The molecule has 0 spiro atoms. The molecular formula is C13H17FN2O3S. The first-order valence-electron chi connectivity index (χ1n) is 6.18. The first-order chi connectivity index (χ1) is 9.34. The van der Waals surface area contributed by atoms with Crippen LogP contribution < -0.4 is 4.72 Å². The average molecular weight is 300 g/mol. The summed E-state index contributed by atoms with van der Waals surface area (Å²) in [4.78, 5) is -0.199. The van der Waals surface area contributed by atoms with Crippen LogP contribution in [0.4, 0.5) is 4.39 Å². The van der Waals surface area contributed by atoms with E-state index in [0.29, 0.717) is 12.8 Å². The van der Waals surface area contributed by atoms with Crippen molar-refractivity contribution in [3.63, 3.8) is 0 Å². The van der Waals surface area contributed by atoms with Crippen LogP contribution in [0.2, 0.25) is 0 Å². The fourth-order valence-corrected chi connectivity index (χ4v) is 3.31. The highest BCUT2D eigenvalue weighted by atomic mass is 32.2. The van der Waals surface area contributed by atoms with Crippen LogP contribution >= 0.6 is 0 Å². The molecule has 0 aromatic heterocycles. The van der Waals surface area contributed by atoms with Crippen LogP contribution in [0.5, 0.6) is 0 Å². The molecule has 0 amide bonds. The number of aliphatic hydroxyl groups is 1. The minimum Gasteiger partial charge on any atom is -0.394 e. The molecule has 20 heavy (non-hydrogen) atoms. The van der Waals surface area contributed by atoms with Crippen molar-refractivity contribution < 1.29 is 17.9 Å². The first-order valence-corrected chi connectivity index (χ1v) is 7.67. The van der Waals surface area contributed by atoms with Gasteiger partial charge in [0.15, 0.2) is 0 Å². The van der Waals surface area contributed by atoms with Gasteiger partial charge in [0.05, 0.1) is 22.6 Å². The highest BCUT2D eigenvalue weighted by Gasteiger charge is 2.31. The summed E-state index contributed by atoms with van der Waals surface area (Å²) < 4.78 is 40.1. The van der Waals surface area contributed by atoms with Gasteiger partial charge in [-0.2, -0.15) is 5.26 Å². The summed E-state index contributed by atoms with van der Waals surface area (Å²) in [6, 6.07) is 4.60. The Morgan fingerprint density at radius 1 is 1.40 bits per heavy atom. The SMILES string of the molecule is CCC(CC)(CO)NS(=O)(=O)c1ccc(F)c(C#N)c1. The lowest BCUT2D eigenvalue weighted by molar-refractivity contribution is 0.172. The zero-order valence-electron chi connectivity index (χ0n) is 11.4. The van der Waals surface area contributed by atoms with Gasteiger partial charge in [-0.05, 0) is 31.0 Å². The Bertz CT molecular complexity index is 611. The van der Waals surface area contributed by atoms with E-state index in [1.165, 1.54) is 0 Å². The molecule has 0 fully saturated rings. The van der Waals surface area contributed by atoms with Crippen molar-refractivity contribution in [2.75, 3.05) is 6.61 Å². The Hall–Kier alpha value is -1.49. The number of benzene rings is 1. The maximum absolute atomic E-state index is 13.2. The highest BCUT2D eigenvalue weighted by molar-refractivity contribution is 7.89. The van der Waals surface area contributed by atoms with Gasteiger partial charge in [0.25, 0.3) is 0 Å². The van der Waals surface area contributed by atoms with Gasteiger partial charge in [-0.1, -0.05) is 13.8 Å². The van der Waals surface area contributed by atoms with Crippen molar-refractivity contribution in [1.82, 2.24) is 4.72 Å². The number of nitrogens with zero attached hydrogens (tertiary/aromatic N) is 1. The zero-order chi connectivity index (χ0) is 15.4. The molecule has 0 aliphatic heterocycles. The number of halogens is 1. The maximum Gasteiger partial charge on any atom is 0.241 e. The molecule has 0 unspecified atom stereocenters. The van der Waals surface area contributed by atoms with Crippen LogP contribution in [0.1, 0.15) is 32.3 Å². The van der Waals surface area contributed by atoms with Gasteiger partial charge in [0.2, 0.25) is 10.0 Å². The predicted molar refractivity (Wildman–Crippen MR) is 71.8 cm³/mol. The third kappa shape index (κ3) is 3.33. The summed E-state index contributed by atoms with van der Waals surface area (Å²) >= 11 is 0. The van der Waals surface area contributed by atoms with Gasteiger partial charge < -0.3 is 5.11 Å². The second-order valence-electron chi connectivity index (χ2n) is 4.50. The molecule has 0 heterocycles. The van der Waals surface area contributed by atoms with Crippen LogP contribution in [-0.2, 0) is 10.0 Å². The molecule has 1 aromatic rings. The summed E-state index contributed by atoms with van der Waals surface area (Å²) in [5, 5.41) is 18.1. The van der Waals surface area contributed by atoms with Crippen LogP contribution in [0.15, 0.2) is 23.1 Å². The summed E-state index contributed by atoms with van der Waals surface area (Å²) in [6.45, 7) is 3.17. The molecule has 0 saturated carbocycles. The second kappa shape index (κ2) is 6.31. The third-order valence-electron chi connectivity index (χ3n) is 3.38. The number of aliphatic hydroxyl groups excluding tert-OH is 1. The molecule has 1 aromatic carbocycles. The largest absolute Gasteiger partial charge is 0.394 e. The van der Waals surface area contributed by atoms with Gasteiger partial charge >= 0.3 is 0 Å². The van der Waals surface area contributed by atoms with Crippen LogP contribution in [-0.4, -0.2) is 25.7 Å². The van der Waals surface area contributed by atoms with E-state index in [-0.39, 0.29) is 17.1 Å².